The van der Waals surface area contributed by atoms with Crippen LogP contribution in [-0.4, -0.2) is 24.9 Å². The molecule has 0 saturated carbocycles. The summed E-state index contributed by atoms with van der Waals surface area (Å²) in [5.74, 6) is 0.580. The van der Waals surface area contributed by atoms with Crippen molar-refractivity contribution in [2.24, 2.45) is 0 Å². The van der Waals surface area contributed by atoms with Crippen molar-refractivity contribution >= 4 is 17.7 Å². The second kappa shape index (κ2) is 5.65. The highest BCUT2D eigenvalue weighted by Crippen LogP contribution is 2.40. The van der Waals surface area contributed by atoms with Crippen molar-refractivity contribution < 1.29 is 14.3 Å². The number of aryl methyl sites for hydroxylation is 2. The molecule has 100 valence electrons. The van der Waals surface area contributed by atoms with Gasteiger partial charge in [-0.15, -0.1) is 11.8 Å². The summed E-state index contributed by atoms with van der Waals surface area (Å²) in [4.78, 5) is 12.7. The van der Waals surface area contributed by atoms with Crippen LogP contribution in [0.3, 0.4) is 0 Å². The third kappa shape index (κ3) is 3.19. The fourth-order valence-corrected chi connectivity index (χ4v) is 3.11. The van der Waals surface area contributed by atoms with E-state index in [1.165, 1.54) is 18.9 Å². The zero-order valence-electron chi connectivity index (χ0n) is 11.8. The first kappa shape index (κ1) is 14.9. The lowest BCUT2D eigenvalue weighted by molar-refractivity contribution is -0.142. The van der Waals surface area contributed by atoms with Crippen LogP contribution in [0.2, 0.25) is 0 Å². The van der Waals surface area contributed by atoms with E-state index in [0.29, 0.717) is 0 Å². The lowest BCUT2D eigenvalue weighted by atomic mass is 10.1. The average Bonchev–Trinajstić information content (AvgIpc) is 2.26. The summed E-state index contributed by atoms with van der Waals surface area (Å²) in [5, 5.41) is 0. The van der Waals surface area contributed by atoms with Crippen LogP contribution in [0.15, 0.2) is 17.0 Å². The number of hydrogen-bond donors (Lipinski definition) is 0. The molecule has 0 aromatic heterocycles. The minimum absolute atomic E-state index is 0.242. The van der Waals surface area contributed by atoms with Gasteiger partial charge in [-0.25, -0.2) is 0 Å². The molecule has 0 bridgehead atoms. The summed E-state index contributed by atoms with van der Waals surface area (Å²) >= 11 is 1.46. The van der Waals surface area contributed by atoms with Crippen LogP contribution in [0.1, 0.15) is 25.0 Å². The topological polar surface area (TPSA) is 35.5 Å². The third-order valence-electron chi connectivity index (χ3n) is 2.63. The van der Waals surface area contributed by atoms with Crippen LogP contribution in [0.5, 0.6) is 5.75 Å². The maximum atomic E-state index is 11.7. The first-order valence-electron chi connectivity index (χ1n) is 5.74. The van der Waals surface area contributed by atoms with Gasteiger partial charge < -0.3 is 9.47 Å². The molecule has 0 aliphatic carbocycles. The maximum Gasteiger partial charge on any atom is 0.321 e. The Morgan fingerprint density at radius 2 is 1.83 bits per heavy atom. The minimum atomic E-state index is -0.637. The number of ether oxygens (including phenoxy) is 2. The summed E-state index contributed by atoms with van der Waals surface area (Å²) in [7, 11) is 3.05. The van der Waals surface area contributed by atoms with Crippen molar-refractivity contribution in [1.29, 1.82) is 0 Å². The lowest BCUT2D eigenvalue weighted by Gasteiger charge is -2.22. The Morgan fingerprint density at radius 3 is 2.33 bits per heavy atom. The van der Waals surface area contributed by atoms with E-state index in [1.54, 1.807) is 7.11 Å². The molecule has 18 heavy (non-hydrogen) atoms. The summed E-state index contributed by atoms with van der Waals surface area (Å²) < 4.78 is 9.60. The Bertz CT molecular complexity index is 453. The SMILES string of the molecule is COC(=O)C(C)(C)Sc1cc(C)cc(C)c1OC. The molecule has 0 heterocycles. The van der Waals surface area contributed by atoms with Gasteiger partial charge in [-0.05, 0) is 44.9 Å². The number of thioether (sulfide) groups is 1. The molecule has 0 atom stereocenters. The molecule has 1 rings (SSSR count). The van der Waals surface area contributed by atoms with E-state index in [9.17, 15) is 4.79 Å². The molecule has 0 unspecified atom stereocenters. The van der Waals surface area contributed by atoms with Crippen LogP contribution in [-0.2, 0) is 9.53 Å². The molecular weight excluding hydrogens is 248 g/mol. The van der Waals surface area contributed by atoms with Gasteiger partial charge in [0.1, 0.15) is 10.5 Å². The predicted molar refractivity (Wildman–Crippen MR) is 74.4 cm³/mol. The second-order valence-electron chi connectivity index (χ2n) is 4.72. The molecule has 0 aliphatic rings. The Hall–Kier alpha value is -1.16. The Labute approximate surface area is 113 Å². The molecule has 3 nitrogen and oxygen atoms in total. The average molecular weight is 268 g/mol. The zero-order chi connectivity index (χ0) is 13.9. The van der Waals surface area contributed by atoms with Crippen molar-refractivity contribution in [2.75, 3.05) is 14.2 Å². The van der Waals surface area contributed by atoms with Crippen molar-refractivity contribution in [2.45, 2.75) is 37.3 Å². The quantitative estimate of drug-likeness (QED) is 0.619. The molecule has 4 heteroatoms. The summed E-state index contributed by atoms with van der Waals surface area (Å²) in [6.45, 7) is 7.73. The second-order valence-corrected chi connectivity index (χ2v) is 6.38. The van der Waals surface area contributed by atoms with Crippen molar-refractivity contribution in [3.63, 3.8) is 0 Å². The van der Waals surface area contributed by atoms with Gasteiger partial charge in [-0.2, -0.15) is 0 Å². The lowest BCUT2D eigenvalue weighted by Crippen LogP contribution is -2.29. The molecule has 0 N–H and O–H groups in total. The maximum absolute atomic E-state index is 11.7. The Balaban J connectivity index is 3.14. The third-order valence-corrected chi connectivity index (χ3v) is 3.83. The van der Waals surface area contributed by atoms with Gasteiger partial charge in [-0.1, -0.05) is 6.07 Å². The van der Waals surface area contributed by atoms with E-state index in [0.717, 1.165) is 21.8 Å². The molecule has 1 aromatic rings. The van der Waals surface area contributed by atoms with Gasteiger partial charge >= 0.3 is 5.97 Å². The Kier molecular flexibility index (Phi) is 4.68. The molecule has 1 aromatic carbocycles. The summed E-state index contributed by atoms with van der Waals surface area (Å²) in [6, 6.07) is 4.09. The molecule has 0 aliphatic heterocycles. The number of carbonyl (C=O) groups is 1. The molecule has 0 radical (unpaired) electrons. The predicted octanol–water partition coefficient (Wildman–Crippen LogP) is 3.36. The highest BCUT2D eigenvalue weighted by Gasteiger charge is 2.31. The standard InChI is InChI=1S/C14H20O3S/c1-9-7-10(2)12(16-5)11(8-9)18-14(3,4)13(15)17-6/h7-8H,1-6H3. The number of esters is 1. The van der Waals surface area contributed by atoms with E-state index in [2.05, 4.69) is 6.07 Å². The largest absolute Gasteiger partial charge is 0.495 e. The number of benzene rings is 1. The van der Waals surface area contributed by atoms with Crippen LogP contribution in [0.4, 0.5) is 0 Å². The first-order chi connectivity index (χ1) is 8.31. The van der Waals surface area contributed by atoms with Crippen molar-refractivity contribution in [3.05, 3.63) is 23.3 Å². The van der Waals surface area contributed by atoms with Crippen LogP contribution >= 0.6 is 11.8 Å². The van der Waals surface area contributed by atoms with Gasteiger partial charge in [-0.3, -0.25) is 4.79 Å². The van der Waals surface area contributed by atoms with Crippen LogP contribution in [0, 0.1) is 13.8 Å². The van der Waals surface area contributed by atoms with Crippen LogP contribution < -0.4 is 4.74 Å². The van der Waals surface area contributed by atoms with E-state index in [1.807, 2.05) is 33.8 Å². The monoisotopic (exact) mass is 268 g/mol. The summed E-state index contributed by atoms with van der Waals surface area (Å²) in [5.41, 5.74) is 2.22. The number of carbonyl (C=O) groups excluding carboxylic acids is 1. The number of hydrogen-bond acceptors (Lipinski definition) is 4. The smallest absolute Gasteiger partial charge is 0.321 e. The summed E-state index contributed by atoms with van der Waals surface area (Å²) in [6.07, 6.45) is 0. The molecule has 0 fully saturated rings. The highest BCUT2D eigenvalue weighted by atomic mass is 32.2. The highest BCUT2D eigenvalue weighted by molar-refractivity contribution is 8.01. The van der Waals surface area contributed by atoms with Gasteiger partial charge in [0, 0.05) is 0 Å². The van der Waals surface area contributed by atoms with Gasteiger partial charge in [0.15, 0.2) is 0 Å². The molecule has 0 saturated heterocycles. The number of rotatable bonds is 4. The van der Waals surface area contributed by atoms with Gasteiger partial charge in [0.05, 0.1) is 19.1 Å². The zero-order valence-corrected chi connectivity index (χ0v) is 12.6. The molecule has 0 spiro atoms. The van der Waals surface area contributed by atoms with E-state index in [4.69, 9.17) is 9.47 Å². The first-order valence-corrected chi connectivity index (χ1v) is 6.56. The Morgan fingerprint density at radius 1 is 1.22 bits per heavy atom. The van der Waals surface area contributed by atoms with Crippen molar-refractivity contribution in [3.8, 4) is 5.75 Å². The van der Waals surface area contributed by atoms with Crippen LogP contribution in [0.25, 0.3) is 0 Å². The van der Waals surface area contributed by atoms with Gasteiger partial charge in [0.2, 0.25) is 0 Å². The van der Waals surface area contributed by atoms with E-state index >= 15 is 0 Å². The van der Waals surface area contributed by atoms with Crippen molar-refractivity contribution in [1.82, 2.24) is 0 Å². The molecular formula is C14H20O3S. The normalized spacial score (nSPS) is 11.2. The molecule has 0 amide bonds. The van der Waals surface area contributed by atoms with Gasteiger partial charge in [0.25, 0.3) is 0 Å². The minimum Gasteiger partial charge on any atom is -0.495 e. The fraction of sp³-hybridized carbons (Fsp3) is 0.500. The van der Waals surface area contributed by atoms with E-state index in [-0.39, 0.29) is 5.97 Å². The fourth-order valence-electron chi connectivity index (χ4n) is 1.82. The number of methoxy groups -OCH3 is 2. The van der Waals surface area contributed by atoms with E-state index < -0.39 is 4.75 Å².